The third-order valence-electron chi connectivity index (χ3n) is 3.40. The SMILES string of the molecule is CC1(CNc2ccnc(C#N)c2)CCCC1. The summed E-state index contributed by atoms with van der Waals surface area (Å²) in [6, 6.07) is 5.77. The van der Waals surface area contributed by atoms with Gasteiger partial charge < -0.3 is 5.32 Å². The van der Waals surface area contributed by atoms with E-state index in [-0.39, 0.29) is 0 Å². The fraction of sp³-hybridized carbons (Fsp3) is 0.538. The molecule has 1 aromatic rings. The first kappa shape index (κ1) is 10.9. The molecule has 1 aliphatic rings. The Bertz CT molecular complexity index is 400. The van der Waals surface area contributed by atoms with Gasteiger partial charge in [0.25, 0.3) is 0 Å². The molecule has 0 aliphatic heterocycles. The lowest BCUT2D eigenvalue weighted by molar-refractivity contribution is 0.362. The molecule has 1 N–H and O–H groups in total. The molecule has 0 bridgehead atoms. The third-order valence-corrected chi connectivity index (χ3v) is 3.40. The van der Waals surface area contributed by atoms with E-state index in [1.54, 1.807) is 12.3 Å². The largest absolute Gasteiger partial charge is 0.384 e. The van der Waals surface area contributed by atoms with Gasteiger partial charge in [-0.05, 0) is 30.4 Å². The monoisotopic (exact) mass is 215 g/mol. The van der Waals surface area contributed by atoms with Crippen molar-refractivity contribution in [2.24, 2.45) is 5.41 Å². The maximum Gasteiger partial charge on any atom is 0.142 e. The minimum Gasteiger partial charge on any atom is -0.384 e. The van der Waals surface area contributed by atoms with Gasteiger partial charge >= 0.3 is 0 Å². The van der Waals surface area contributed by atoms with Gasteiger partial charge in [0.05, 0.1) is 0 Å². The quantitative estimate of drug-likeness (QED) is 0.843. The zero-order valence-electron chi connectivity index (χ0n) is 9.66. The molecular weight excluding hydrogens is 198 g/mol. The number of hydrogen-bond acceptors (Lipinski definition) is 3. The molecule has 2 rings (SSSR count). The number of anilines is 1. The fourth-order valence-corrected chi connectivity index (χ4v) is 2.32. The molecule has 0 unspecified atom stereocenters. The van der Waals surface area contributed by atoms with Crippen LogP contribution in [0, 0.1) is 16.7 Å². The van der Waals surface area contributed by atoms with Crippen molar-refractivity contribution in [3.63, 3.8) is 0 Å². The van der Waals surface area contributed by atoms with Crippen molar-refractivity contribution in [2.75, 3.05) is 11.9 Å². The number of nitriles is 1. The van der Waals surface area contributed by atoms with E-state index in [1.807, 2.05) is 6.07 Å². The van der Waals surface area contributed by atoms with Crippen molar-refractivity contribution in [3.8, 4) is 6.07 Å². The number of nitrogens with one attached hydrogen (secondary N) is 1. The summed E-state index contributed by atoms with van der Waals surface area (Å²) in [5.74, 6) is 0. The first-order valence-electron chi connectivity index (χ1n) is 5.82. The van der Waals surface area contributed by atoms with Crippen LogP contribution in [0.1, 0.15) is 38.3 Å². The lowest BCUT2D eigenvalue weighted by Crippen LogP contribution is -2.22. The molecule has 1 aromatic heterocycles. The van der Waals surface area contributed by atoms with Gasteiger partial charge in [0.15, 0.2) is 0 Å². The molecule has 84 valence electrons. The maximum absolute atomic E-state index is 8.75. The van der Waals surface area contributed by atoms with Crippen LogP contribution in [0.4, 0.5) is 5.69 Å². The Balaban J connectivity index is 1.96. The zero-order chi connectivity index (χ0) is 11.4. The van der Waals surface area contributed by atoms with Crippen LogP contribution in [0.3, 0.4) is 0 Å². The predicted octanol–water partition coefficient (Wildman–Crippen LogP) is 2.95. The molecule has 0 amide bonds. The summed E-state index contributed by atoms with van der Waals surface area (Å²) in [5, 5.41) is 12.2. The predicted molar refractivity (Wildman–Crippen MR) is 64.0 cm³/mol. The van der Waals surface area contributed by atoms with E-state index < -0.39 is 0 Å². The second kappa shape index (κ2) is 4.52. The van der Waals surface area contributed by atoms with Crippen LogP contribution in [0.15, 0.2) is 18.3 Å². The molecule has 1 heterocycles. The normalized spacial score (nSPS) is 18.0. The Morgan fingerprint density at radius 3 is 2.94 bits per heavy atom. The second-order valence-corrected chi connectivity index (χ2v) is 4.91. The molecule has 16 heavy (non-hydrogen) atoms. The van der Waals surface area contributed by atoms with Gasteiger partial charge in [0.1, 0.15) is 11.8 Å². The molecule has 1 saturated carbocycles. The highest BCUT2D eigenvalue weighted by molar-refractivity contribution is 5.46. The summed E-state index contributed by atoms with van der Waals surface area (Å²) in [6.07, 6.45) is 6.97. The molecule has 0 atom stereocenters. The number of nitrogens with zero attached hydrogens (tertiary/aromatic N) is 2. The van der Waals surface area contributed by atoms with Crippen LogP contribution in [-0.2, 0) is 0 Å². The number of aromatic nitrogens is 1. The number of hydrogen-bond donors (Lipinski definition) is 1. The Hall–Kier alpha value is -1.56. The van der Waals surface area contributed by atoms with Gasteiger partial charge in [0, 0.05) is 18.4 Å². The van der Waals surface area contributed by atoms with Crippen molar-refractivity contribution in [1.82, 2.24) is 4.98 Å². The van der Waals surface area contributed by atoms with Crippen molar-refractivity contribution in [1.29, 1.82) is 5.26 Å². The van der Waals surface area contributed by atoms with Crippen molar-refractivity contribution < 1.29 is 0 Å². The molecule has 0 aromatic carbocycles. The van der Waals surface area contributed by atoms with Crippen molar-refractivity contribution in [3.05, 3.63) is 24.0 Å². The van der Waals surface area contributed by atoms with E-state index in [9.17, 15) is 0 Å². The Morgan fingerprint density at radius 1 is 1.50 bits per heavy atom. The highest BCUT2D eigenvalue weighted by Crippen LogP contribution is 2.37. The summed E-state index contributed by atoms with van der Waals surface area (Å²) in [7, 11) is 0. The molecule has 0 spiro atoms. The van der Waals surface area contributed by atoms with Gasteiger partial charge in [-0.1, -0.05) is 19.8 Å². The van der Waals surface area contributed by atoms with Crippen LogP contribution in [-0.4, -0.2) is 11.5 Å². The Labute approximate surface area is 96.5 Å². The molecule has 0 saturated heterocycles. The summed E-state index contributed by atoms with van der Waals surface area (Å²) < 4.78 is 0. The average molecular weight is 215 g/mol. The van der Waals surface area contributed by atoms with Gasteiger partial charge in [-0.15, -0.1) is 0 Å². The standard InChI is InChI=1S/C13H17N3/c1-13(5-2-3-6-13)10-16-11-4-7-15-12(8-11)9-14/h4,7-8H,2-3,5-6,10H2,1H3,(H,15,16). The first-order chi connectivity index (χ1) is 7.72. The summed E-state index contributed by atoms with van der Waals surface area (Å²) in [5.41, 5.74) is 1.90. The Kier molecular flexibility index (Phi) is 3.09. The third kappa shape index (κ3) is 2.52. The molecule has 0 radical (unpaired) electrons. The lowest BCUT2D eigenvalue weighted by atomic mass is 9.89. The summed E-state index contributed by atoms with van der Waals surface area (Å²) in [6.45, 7) is 3.32. The summed E-state index contributed by atoms with van der Waals surface area (Å²) in [4.78, 5) is 3.95. The molecule has 3 nitrogen and oxygen atoms in total. The van der Waals surface area contributed by atoms with Crippen LogP contribution in [0.5, 0.6) is 0 Å². The molecule has 1 fully saturated rings. The van der Waals surface area contributed by atoms with Crippen molar-refractivity contribution >= 4 is 5.69 Å². The molecular formula is C13H17N3. The maximum atomic E-state index is 8.75. The van der Waals surface area contributed by atoms with Crippen LogP contribution in [0.25, 0.3) is 0 Å². The number of pyridine rings is 1. The van der Waals surface area contributed by atoms with Crippen molar-refractivity contribution in [2.45, 2.75) is 32.6 Å². The van der Waals surface area contributed by atoms with Crippen LogP contribution >= 0.6 is 0 Å². The van der Waals surface area contributed by atoms with E-state index in [0.717, 1.165) is 12.2 Å². The van der Waals surface area contributed by atoms with Gasteiger partial charge in [-0.3, -0.25) is 0 Å². The first-order valence-corrected chi connectivity index (χ1v) is 5.82. The van der Waals surface area contributed by atoms with E-state index >= 15 is 0 Å². The van der Waals surface area contributed by atoms with E-state index in [0.29, 0.717) is 11.1 Å². The smallest absolute Gasteiger partial charge is 0.142 e. The minimum atomic E-state index is 0.427. The minimum absolute atomic E-state index is 0.427. The van der Waals surface area contributed by atoms with Crippen LogP contribution in [0.2, 0.25) is 0 Å². The Morgan fingerprint density at radius 2 is 2.25 bits per heavy atom. The summed E-state index contributed by atoms with van der Waals surface area (Å²) >= 11 is 0. The highest BCUT2D eigenvalue weighted by Gasteiger charge is 2.28. The fourth-order valence-electron chi connectivity index (χ4n) is 2.32. The van der Waals surface area contributed by atoms with Gasteiger partial charge in [-0.25, -0.2) is 4.98 Å². The van der Waals surface area contributed by atoms with E-state index in [4.69, 9.17) is 5.26 Å². The van der Waals surface area contributed by atoms with E-state index in [2.05, 4.69) is 23.3 Å². The topological polar surface area (TPSA) is 48.7 Å². The average Bonchev–Trinajstić information content (AvgIpc) is 2.75. The highest BCUT2D eigenvalue weighted by atomic mass is 14.9. The second-order valence-electron chi connectivity index (χ2n) is 4.91. The molecule has 3 heteroatoms. The number of rotatable bonds is 3. The lowest BCUT2D eigenvalue weighted by Gasteiger charge is -2.24. The zero-order valence-corrected chi connectivity index (χ0v) is 9.66. The van der Waals surface area contributed by atoms with Gasteiger partial charge in [0.2, 0.25) is 0 Å². The molecule has 1 aliphatic carbocycles. The van der Waals surface area contributed by atoms with Gasteiger partial charge in [-0.2, -0.15) is 5.26 Å². The van der Waals surface area contributed by atoms with E-state index in [1.165, 1.54) is 25.7 Å². The van der Waals surface area contributed by atoms with Crippen LogP contribution < -0.4 is 5.32 Å².